The Morgan fingerprint density at radius 1 is 1.33 bits per heavy atom. The predicted octanol–water partition coefficient (Wildman–Crippen LogP) is 1.97. The van der Waals surface area contributed by atoms with Gasteiger partial charge in [-0.05, 0) is 30.5 Å². The Balaban J connectivity index is 2.02. The van der Waals surface area contributed by atoms with Crippen LogP contribution < -0.4 is 14.8 Å². The van der Waals surface area contributed by atoms with Crippen molar-refractivity contribution in [3.63, 3.8) is 0 Å². The number of hydrogen-bond donors (Lipinski definition) is 2. The molecule has 18 heavy (non-hydrogen) atoms. The molecule has 2 rings (SSSR count). The van der Waals surface area contributed by atoms with E-state index < -0.39 is 0 Å². The number of nitrogens with one attached hydrogen (secondary N) is 1. The van der Waals surface area contributed by atoms with Crippen LogP contribution >= 0.6 is 11.6 Å². The second-order valence-corrected chi connectivity index (χ2v) is 4.92. The summed E-state index contributed by atoms with van der Waals surface area (Å²) >= 11 is 6.13. The maximum Gasteiger partial charge on any atom is 0.179 e. The smallest absolute Gasteiger partial charge is 0.179 e. The number of rotatable bonds is 5. The number of benzene rings is 1. The molecular formula is C13H18ClNO3. The van der Waals surface area contributed by atoms with Crippen molar-refractivity contribution in [3.8, 4) is 11.5 Å². The Hall–Kier alpha value is -0.970. The van der Waals surface area contributed by atoms with Crippen molar-refractivity contribution in [3.05, 3.63) is 22.7 Å². The van der Waals surface area contributed by atoms with E-state index in [9.17, 15) is 5.11 Å². The van der Waals surface area contributed by atoms with Crippen molar-refractivity contribution in [1.82, 2.24) is 5.32 Å². The molecule has 1 aliphatic carbocycles. The molecule has 1 fully saturated rings. The van der Waals surface area contributed by atoms with E-state index in [-0.39, 0.29) is 6.10 Å². The lowest BCUT2D eigenvalue weighted by Crippen LogP contribution is -2.43. The van der Waals surface area contributed by atoms with Gasteiger partial charge in [0.1, 0.15) is 0 Å². The molecule has 0 spiro atoms. The highest BCUT2D eigenvalue weighted by Crippen LogP contribution is 2.36. The van der Waals surface area contributed by atoms with Crippen LogP contribution in [-0.4, -0.2) is 31.5 Å². The normalized spacial score (nSPS) is 22.4. The van der Waals surface area contributed by atoms with Gasteiger partial charge in [-0.2, -0.15) is 0 Å². The number of hydrogen-bond acceptors (Lipinski definition) is 4. The van der Waals surface area contributed by atoms with Crippen LogP contribution in [0.5, 0.6) is 11.5 Å². The first kappa shape index (κ1) is 13.5. The fraction of sp³-hybridized carbons (Fsp3) is 0.538. The molecule has 4 nitrogen and oxygen atoms in total. The molecule has 0 amide bonds. The van der Waals surface area contributed by atoms with Gasteiger partial charge in [-0.3, -0.25) is 0 Å². The standard InChI is InChI=1S/C13H18ClNO3/c1-17-12-4-8(3-11(14)13(12)18-2)7-15-9-5-10(16)6-9/h3-4,9-10,15-16H,5-7H2,1-2H3. The summed E-state index contributed by atoms with van der Waals surface area (Å²) in [6.07, 6.45) is 1.50. The highest BCUT2D eigenvalue weighted by atomic mass is 35.5. The molecule has 2 N–H and O–H groups in total. The van der Waals surface area contributed by atoms with E-state index in [2.05, 4.69) is 5.32 Å². The highest BCUT2D eigenvalue weighted by molar-refractivity contribution is 6.32. The Bertz CT molecular complexity index is 419. The van der Waals surface area contributed by atoms with Crippen LogP contribution in [0.3, 0.4) is 0 Å². The van der Waals surface area contributed by atoms with Crippen LogP contribution in [0.1, 0.15) is 18.4 Å². The molecular weight excluding hydrogens is 254 g/mol. The molecule has 0 radical (unpaired) electrons. The summed E-state index contributed by atoms with van der Waals surface area (Å²) in [6.45, 7) is 0.706. The molecule has 0 heterocycles. The van der Waals surface area contributed by atoms with Crippen molar-refractivity contribution >= 4 is 11.6 Å². The summed E-state index contributed by atoms with van der Waals surface area (Å²) < 4.78 is 10.4. The average Bonchev–Trinajstić information content (AvgIpc) is 2.32. The highest BCUT2D eigenvalue weighted by Gasteiger charge is 2.26. The van der Waals surface area contributed by atoms with Crippen molar-refractivity contribution in [1.29, 1.82) is 0 Å². The lowest BCUT2D eigenvalue weighted by molar-refractivity contribution is 0.0619. The van der Waals surface area contributed by atoms with Crippen LogP contribution in [0.15, 0.2) is 12.1 Å². The van der Waals surface area contributed by atoms with Crippen molar-refractivity contribution in [2.75, 3.05) is 14.2 Å². The van der Waals surface area contributed by atoms with Gasteiger partial charge in [0.05, 0.1) is 25.3 Å². The van der Waals surface area contributed by atoms with Crippen LogP contribution in [0.4, 0.5) is 0 Å². The predicted molar refractivity (Wildman–Crippen MR) is 70.4 cm³/mol. The fourth-order valence-corrected chi connectivity index (χ4v) is 2.40. The quantitative estimate of drug-likeness (QED) is 0.860. The SMILES string of the molecule is COc1cc(CNC2CC(O)C2)cc(Cl)c1OC. The van der Waals surface area contributed by atoms with Gasteiger partial charge in [-0.25, -0.2) is 0 Å². The van der Waals surface area contributed by atoms with Crippen LogP contribution in [0.2, 0.25) is 5.02 Å². The third-order valence-corrected chi connectivity index (χ3v) is 3.48. The molecule has 1 aromatic carbocycles. The van der Waals surface area contributed by atoms with Crippen molar-refractivity contribution in [2.24, 2.45) is 0 Å². The van der Waals surface area contributed by atoms with E-state index in [1.54, 1.807) is 14.2 Å². The number of aliphatic hydroxyl groups is 1. The summed E-state index contributed by atoms with van der Waals surface area (Å²) in [7, 11) is 3.16. The number of ether oxygens (including phenoxy) is 2. The zero-order valence-corrected chi connectivity index (χ0v) is 11.3. The van der Waals surface area contributed by atoms with E-state index in [0.29, 0.717) is 29.1 Å². The first-order chi connectivity index (χ1) is 8.63. The molecule has 0 unspecified atom stereocenters. The van der Waals surface area contributed by atoms with Gasteiger partial charge in [0, 0.05) is 12.6 Å². The summed E-state index contributed by atoms with van der Waals surface area (Å²) in [5.41, 5.74) is 1.04. The Labute approximate surface area is 112 Å². The van der Waals surface area contributed by atoms with E-state index >= 15 is 0 Å². The summed E-state index contributed by atoms with van der Waals surface area (Å²) in [5.74, 6) is 1.19. The minimum absolute atomic E-state index is 0.142. The molecule has 0 saturated heterocycles. The van der Waals surface area contributed by atoms with Crippen molar-refractivity contribution < 1.29 is 14.6 Å². The average molecular weight is 272 g/mol. The van der Waals surface area contributed by atoms with E-state index in [0.717, 1.165) is 18.4 Å². The second kappa shape index (κ2) is 5.78. The zero-order chi connectivity index (χ0) is 13.1. The summed E-state index contributed by atoms with van der Waals surface area (Å²) in [5, 5.41) is 13.1. The third kappa shape index (κ3) is 2.88. The third-order valence-electron chi connectivity index (χ3n) is 3.20. The fourth-order valence-electron chi connectivity index (χ4n) is 2.09. The van der Waals surface area contributed by atoms with Gasteiger partial charge in [-0.1, -0.05) is 11.6 Å². The maximum absolute atomic E-state index is 9.21. The minimum atomic E-state index is -0.142. The first-order valence-electron chi connectivity index (χ1n) is 5.96. The molecule has 5 heteroatoms. The second-order valence-electron chi connectivity index (χ2n) is 4.52. The molecule has 1 aliphatic rings. The summed E-state index contributed by atoms with van der Waals surface area (Å²) in [6, 6.07) is 4.17. The van der Waals surface area contributed by atoms with Gasteiger partial charge in [-0.15, -0.1) is 0 Å². The van der Waals surface area contributed by atoms with E-state index in [1.165, 1.54) is 0 Å². The number of aliphatic hydroxyl groups excluding tert-OH is 1. The Morgan fingerprint density at radius 3 is 2.61 bits per heavy atom. The number of halogens is 1. The largest absolute Gasteiger partial charge is 0.493 e. The number of methoxy groups -OCH3 is 2. The van der Waals surface area contributed by atoms with E-state index in [4.69, 9.17) is 21.1 Å². The Morgan fingerprint density at radius 2 is 2.06 bits per heavy atom. The van der Waals surface area contributed by atoms with Gasteiger partial charge >= 0.3 is 0 Å². The summed E-state index contributed by atoms with van der Waals surface area (Å²) in [4.78, 5) is 0. The lowest BCUT2D eigenvalue weighted by atomic mass is 9.89. The van der Waals surface area contributed by atoms with Crippen LogP contribution in [-0.2, 0) is 6.54 Å². The molecule has 100 valence electrons. The Kier molecular flexibility index (Phi) is 4.32. The van der Waals surface area contributed by atoms with E-state index in [1.807, 2.05) is 12.1 Å². The zero-order valence-electron chi connectivity index (χ0n) is 10.6. The van der Waals surface area contributed by atoms with Gasteiger partial charge in [0.25, 0.3) is 0 Å². The molecule has 1 aromatic rings. The van der Waals surface area contributed by atoms with Gasteiger partial charge in [0.15, 0.2) is 11.5 Å². The topological polar surface area (TPSA) is 50.7 Å². The van der Waals surface area contributed by atoms with Gasteiger partial charge < -0.3 is 19.9 Å². The molecule has 0 aromatic heterocycles. The molecule has 0 aliphatic heterocycles. The first-order valence-corrected chi connectivity index (χ1v) is 6.33. The van der Waals surface area contributed by atoms with Crippen molar-refractivity contribution in [2.45, 2.75) is 31.5 Å². The molecule has 0 bridgehead atoms. The monoisotopic (exact) mass is 271 g/mol. The lowest BCUT2D eigenvalue weighted by Gasteiger charge is -2.32. The van der Waals surface area contributed by atoms with Crippen LogP contribution in [0.25, 0.3) is 0 Å². The molecule has 0 atom stereocenters. The van der Waals surface area contributed by atoms with Gasteiger partial charge in [0.2, 0.25) is 0 Å². The minimum Gasteiger partial charge on any atom is -0.493 e. The van der Waals surface area contributed by atoms with Crippen LogP contribution in [0, 0.1) is 0 Å². The molecule has 1 saturated carbocycles. The maximum atomic E-state index is 9.21.